The maximum Gasteiger partial charge on any atom is 0.156 e. The fourth-order valence-electron chi connectivity index (χ4n) is 1.60. The summed E-state index contributed by atoms with van der Waals surface area (Å²) >= 11 is 12.3. The van der Waals surface area contributed by atoms with Crippen molar-refractivity contribution >= 4 is 23.2 Å². The summed E-state index contributed by atoms with van der Waals surface area (Å²) in [7, 11) is 0. The molecule has 0 amide bonds. The maximum absolute atomic E-state index is 9.92. The lowest BCUT2D eigenvalue weighted by Crippen LogP contribution is -2.06. The Morgan fingerprint density at radius 1 is 1.22 bits per heavy atom. The first-order valence-corrected chi connectivity index (χ1v) is 7.01. The molecule has 0 radical (unpaired) electrons. The zero-order chi connectivity index (χ0) is 13.7. The molecule has 0 aliphatic rings. The van der Waals surface area contributed by atoms with Gasteiger partial charge in [0.2, 0.25) is 0 Å². The molecule has 1 N–H and O–H groups in total. The molecule has 1 unspecified atom stereocenters. The summed E-state index contributed by atoms with van der Waals surface area (Å²) in [5.41, 5.74) is 0.740. The topological polar surface area (TPSA) is 29.5 Å². The van der Waals surface area contributed by atoms with Crippen LogP contribution in [-0.4, -0.2) is 11.7 Å². The molecule has 1 atom stereocenters. The molecule has 2 nitrogen and oxygen atoms in total. The second-order valence-electron chi connectivity index (χ2n) is 4.82. The lowest BCUT2D eigenvalue weighted by Gasteiger charge is -2.15. The SMILES string of the molecule is CCCC(O)c1cc(Cl)c(OCC(C)C)c(Cl)c1. The predicted molar refractivity (Wildman–Crippen MR) is 76.7 cm³/mol. The molecule has 0 heterocycles. The average Bonchev–Trinajstić information content (AvgIpc) is 2.27. The van der Waals surface area contributed by atoms with E-state index in [2.05, 4.69) is 13.8 Å². The summed E-state index contributed by atoms with van der Waals surface area (Å²) in [6.07, 6.45) is 1.07. The Morgan fingerprint density at radius 2 is 1.78 bits per heavy atom. The molecule has 0 aliphatic carbocycles. The van der Waals surface area contributed by atoms with Crippen LogP contribution in [0, 0.1) is 5.92 Å². The highest BCUT2D eigenvalue weighted by Gasteiger charge is 2.14. The highest BCUT2D eigenvalue weighted by molar-refractivity contribution is 6.37. The second-order valence-corrected chi connectivity index (χ2v) is 5.64. The standard InChI is InChI=1S/C14H20Cl2O2/c1-4-5-13(17)10-6-11(15)14(12(16)7-10)18-8-9(2)3/h6-7,9,13,17H,4-5,8H2,1-3H3. The minimum absolute atomic E-state index is 0.405. The Kier molecular flexibility index (Phi) is 6.27. The molecular formula is C14H20Cl2O2. The van der Waals surface area contributed by atoms with Crippen molar-refractivity contribution in [1.29, 1.82) is 0 Å². The van der Waals surface area contributed by atoms with Gasteiger partial charge in [-0.05, 0) is 30.0 Å². The zero-order valence-electron chi connectivity index (χ0n) is 11.0. The van der Waals surface area contributed by atoms with E-state index < -0.39 is 6.10 Å². The van der Waals surface area contributed by atoms with Crippen molar-refractivity contribution in [2.45, 2.75) is 39.7 Å². The smallest absolute Gasteiger partial charge is 0.156 e. The van der Waals surface area contributed by atoms with Gasteiger partial charge in [-0.2, -0.15) is 0 Å². The van der Waals surface area contributed by atoms with E-state index in [0.29, 0.717) is 34.7 Å². The third-order valence-electron chi connectivity index (χ3n) is 2.53. The van der Waals surface area contributed by atoms with Crippen molar-refractivity contribution in [3.05, 3.63) is 27.7 Å². The molecule has 1 aromatic carbocycles. The molecule has 102 valence electrons. The molecule has 1 rings (SSSR count). The number of benzene rings is 1. The van der Waals surface area contributed by atoms with Gasteiger partial charge in [0.25, 0.3) is 0 Å². The van der Waals surface area contributed by atoms with E-state index in [0.717, 1.165) is 12.0 Å². The lowest BCUT2D eigenvalue weighted by atomic mass is 10.1. The van der Waals surface area contributed by atoms with Crippen molar-refractivity contribution in [3.63, 3.8) is 0 Å². The summed E-state index contributed by atoms with van der Waals surface area (Å²) in [5.74, 6) is 0.905. The number of aliphatic hydroxyl groups is 1. The van der Waals surface area contributed by atoms with Gasteiger partial charge in [0.05, 0.1) is 22.8 Å². The first-order valence-electron chi connectivity index (χ1n) is 6.25. The molecule has 0 bridgehead atoms. The van der Waals surface area contributed by atoms with E-state index in [4.69, 9.17) is 27.9 Å². The number of rotatable bonds is 6. The summed E-state index contributed by atoms with van der Waals surface area (Å²) in [6.45, 7) is 6.70. The molecule has 0 aromatic heterocycles. The largest absolute Gasteiger partial charge is 0.490 e. The van der Waals surface area contributed by atoms with E-state index in [9.17, 15) is 5.11 Å². The van der Waals surface area contributed by atoms with Gasteiger partial charge >= 0.3 is 0 Å². The van der Waals surface area contributed by atoms with Gasteiger partial charge < -0.3 is 9.84 Å². The number of hydrogen-bond donors (Lipinski definition) is 1. The van der Waals surface area contributed by atoms with Gasteiger partial charge in [-0.3, -0.25) is 0 Å². The molecule has 0 spiro atoms. The first-order chi connectivity index (χ1) is 8.45. The number of ether oxygens (including phenoxy) is 1. The van der Waals surface area contributed by atoms with Crippen LogP contribution in [-0.2, 0) is 0 Å². The van der Waals surface area contributed by atoms with E-state index >= 15 is 0 Å². The molecular weight excluding hydrogens is 271 g/mol. The van der Waals surface area contributed by atoms with Gasteiger partial charge in [0, 0.05) is 0 Å². The molecule has 0 aliphatic heterocycles. The minimum atomic E-state index is -0.524. The van der Waals surface area contributed by atoms with E-state index in [1.54, 1.807) is 12.1 Å². The number of aliphatic hydroxyl groups excluding tert-OH is 1. The highest BCUT2D eigenvalue weighted by atomic mass is 35.5. The van der Waals surface area contributed by atoms with Crippen molar-refractivity contribution in [3.8, 4) is 5.75 Å². The van der Waals surface area contributed by atoms with Crippen molar-refractivity contribution < 1.29 is 9.84 Å². The predicted octanol–water partition coefficient (Wildman–Crippen LogP) is 4.86. The van der Waals surface area contributed by atoms with Crippen LogP contribution in [0.5, 0.6) is 5.75 Å². The molecule has 0 saturated carbocycles. The highest BCUT2D eigenvalue weighted by Crippen LogP contribution is 2.36. The van der Waals surface area contributed by atoms with Crippen molar-refractivity contribution in [1.82, 2.24) is 0 Å². The zero-order valence-corrected chi connectivity index (χ0v) is 12.6. The quantitative estimate of drug-likeness (QED) is 0.811. The van der Waals surface area contributed by atoms with Crippen LogP contribution in [0.3, 0.4) is 0 Å². The van der Waals surface area contributed by atoms with Crippen LogP contribution < -0.4 is 4.74 Å². The van der Waals surface area contributed by atoms with Crippen LogP contribution >= 0.6 is 23.2 Å². The van der Waals surface area contributed by atoms with E-state index in [1.165, 1.54) is 0 Å². The molecule has 0 saturated heterocycles. The normalized spacial score (nSPS) is 12.8. The Balaban J connectivity index is 2.90. The Bertz CT molecular complexity index is 368. The van der Waals surface area contributed by atoms with Crippen LogP contribution in [0.15, 0.2) is 12.1 Å². The fraction of sp³-hybridized carbons (Fsp3) is 0.571. The van der Waals surface area contributed by atoms with Crippen LogP contribution in [0.2, 0.25) is 10.0 Å². The van der Waals surface area contributed by atoms with Crippen LogP contribution in [0.25, 0.3) is 0 Å². The van der Waals surface area contributed by atoms with Gasteiger partial charge in [0.15, 0.2) is 5.75 Å². The van der Waals surface area contributed by atoms with E-state index in [-0.39, 0.29) is 0 Å². The summed E-state index contributed by atoms with van der Waals surface area (Å²) in [6, 6.07) is 3.45. The summed E-state index contributed by atoms with van der Waals surface area (Å²) < 4.78 is 5.58. The molecule has 1 aromatic rings. The maximum atomic E-state index is 9.92. The van der Waals surface area contributed by atoms with Gasteiger partial charge in [-0.25, -0.2) is 0 Å². The molecule has 4 heteroatoms. The second kappa shape index (κ2) is 7.22. The summed E-state index contributed by atoms with van der Waals surface area (Å²) in [5, 5.41) is 10.8. The first kappa shape index (κ1) is 15.6. The number of hydrogen-bond acceptors (Lipinski definition) is 2. The van der Waals surface area contributed by atoms with Gasteiger partial charge in [0.1, 0.15) is 0 Å². The van der Waals surface area contributed by atoms with Gasteiger partial charge in [-0.15, -0.1) is 0 Å². The van der Waals surface area contributed by atoms with Gasteiger partial charge in [-0.1, -0.05) is 50.4 Å². The third-order valence-corrected chi connectivity index (χ3v) is 3.09. The van der Waals surface area contributed by atoms with Crippen LogP contribution in [0.4, 0.5) is 0 Å². The monoisotopic (exact) mass is 290 g/mol. The minimum Gasteiger partial charge on any atom is -0.490 e. The fourth-order valence-corrected chi connectivity index (χ4v) is 2.21. The average molecular weight is 291 g/mol. The Labute approximate surface area is 119 Å². The summed E-state index contributed by atoms with van der Waals surface area (Å²) in [4.78, 5) is 0. The molecule has 18 heavy (non-hydrogen) atoms. The van der Waals surface area contributed by atoms with Crippen LogP contribution in [0.1, 0.15) is 45.3 Å². The third kappa shape index (κ3) is 4.34. The lowest BCUT2D eigenvalue weighted by molar-refractivity contribution is 0.166. The van der Waals surface area contributed by atoms with E-state index in [1.807, 2.05) is 6.92 Å². The van der Waals surface area contributed by atoms with Crippen molar-refractivity contribution in [2.75, 3.05) is 6.61 Å². The molecule has 0 fully saturated rings. The van der Waals surface area contributed by atoms with Crippen molar-refractivity contribution in [2.24, 2.45) is 5.92 Å². The Morgan fingerprint density at radius 3 is 2.22 bits per heavy atom. The number of halogens is 2. The Hall–Kier alpha value is -0.440.